The average Bonchev–Trinajstić information content (AvgIpc) is 3.08. The van der Waals surface area contributed by atoms with Gasteiger partial charge in [-0.1, -0.05) is 129 Å². The van der Waals surface area contributed by atoms with E-state index in [1.54, 1.807) is 0 Å². The van der Waals surface area contributed by atoms with E-state index in [1.165, 1.54) is 41.1 Å². The van der Waals surface area contributed by atoms with Gasteiger partial charge in [0.15, 0.2) is 23.0 Å². The highest BCUT2D eigenvalue weighted by molar-refractivity contribution is 8.00. The summed E-state index contributed by atoms with van der Waals surface area (Å²) in [5, 5.41) is 2.96. The van der Waals surface area contributed by atoms with Crippen LogP contribution in [0.3, 0.4) is 0 Å². The van der Waals surface area contributed by atoms with E-state index in [2.05, 4.69) is 129 Å². The fourth-order valence-electron chi connectivity index (χ4n) is 7.35. The fourth-order valence-corrected chi connectivity index (χ4v) is 14.4. The molecule has 0 saturated heterocycles. The van der Waals surface area contributed by atoms with Crippen molar-refractivity contribution in [2.75, 3.05) is 4.90 Å². The van der Waals surface area contributed by atoms with Crippen molar-refractivity contribution in [1.82, 2.24) is 0 Å². The van der Waals surface area contributed by atoms with Crippen molar-refractivity contribution in [2.45, 2.75) is 51.9 Å². The van der Waals surface area contributed by atoms with Gasteiger partial charge in [-0.2, -0.15) is 0 Å². The van der Waals surface area contributed by atoms with Crippen molar-refractivity contribution in [3.05, 3.63) is 139 Å². The van der Waals surface area contributed by atoms with Crippen LogP contribution >= 0.6 is 23.5 Å². The minimum absolute atomic E-state index is 0.160. The second-order valence-corrected chi connectivity index (χ2v) is 19.8. The molecule has 230 valence electrons. The maximum absolute atomic E-state index is 6.74. The van der Waals surface area contributed by atoms with Crippen molar-refractivity contribution in [1.29, 1.82) is 0 Å². The smallest absolute Gasteiger partial charge is 0.194 e. The minimum Gasteiger partial charge on any atom is -0.449 e. The highest BCUT2D eigenvalue weighted by Gasteiger charge is 2.40. The van der Waals surface area contributed by atoms with Gasteiger partial charge in [0.1, 0.15) is 8.07 Å². The lowest BCUT2D eigenvalue weighted by Crippen LogP contribution is -2.56. The molecule has 0 atom stereocenters. The third-order valence-electron chi connectivity index (χ3n) is 9.84. The molecule has 0 aromatic heterocycles. The molecule has 0 radical (unpaired) electrons. The molecule has 6 aromatic rings. The van der Waals surface area contributed by atoms with Gasteiger partial charge in [-0.05, 0) is 70.0 Å². The maximum Gasteiger partial charge on any atom is 0.194 e. The molecule has 0 spiro atoms. The molecule has 47 heavy (non-hydrogen) atoms. The second-order valence-electron chi connectivity index (χ2n) is 13.3. The third kappa shape index (κ3) is 4.35. The number of para-hydroxylation sites is 3. The summed E-state index contributed by atoms with van der Waals surface area (Å²) in [7, 11) is -1.99. The summed E-state index contributed by atoms with van der Waals surface area (Å²) in [4.78, 5) is 7.67. The van der Waals surface area contributed by atoms with Gasteiger partial charge in [-0.25, -0.2) is 0 Å². The summed E-state index contributed by atoms with van der Waals surface area (Å²) in [5.41, 5.74) is 5.78. The zero-order valence-electron chi connectivity index (χ0n) is 26.7. The quantitative estimate of drug-likeness (QED) is 0.175. The van der Waals surface area contributed by atoms with E-state index in [-0.39, 0.29) is 5.41 Å². The molecule has 3 heterocycles. The van der Waals surface area contributed by atoms with Crippen molar-refractivity contribution in [3.63, 3.8) is 0 Å². The Morgan fingerprint density at radius 2 is 1.06 bits per heavy atom. The summed E-state index contributed by atoms with van der Waals surface area (Å²) in [6, 6.07) is 45.7. The van der Waals surface area contributed by atoms with Crippen LogP contribution in [0.1, 0.15) is 25.0 Å². The van der Waals surface area contributed by atoms with Crippen LogP contribution in [0, 0.1) is 0 Å². The van der Waals surface area contributed by atoms with Gasteiger partial charge in [0.2, 0.25) is 0 Å². The first-order valence-electron chi connectivity index (χ1n) is 16.0. The van der Waals surface area contributed by atoms with Gasteiger partial charge in [0.25, 0.3) is 0 Å². The Morgan fingerprint density at radius 3 is 1.89 bits per heavy atom. The van der Waals surface area contributed by atoms with Crippen LogP contribution in [-0.2, 0) is 5.41 Å². The lowest BCUT2D eigenvalue weighted by molar-refractivity contribution is 0.360. The van der Waals surface area contributed by atoms with Crippen LogP contribution in [0.15, 0.2) is 147 Å². The Hall–Kier alpha value is -4.36. The summed E-state index contributed by atoms with van der Waals surface area (Å²) in [6.07, 6.45) is 0. The standard InChI is InChI=1S/C41H33NO2S2Si/c1-41(2)26-14-5-8-22-34(26)45-39-27(41)15-11-17-29(39)42(28-16-12-21-33-38(28)44-32-20-7-6-19-31(32)43-33)30-18-13-25-37-40(30)46-35-23-9-10-24-36(35)47(37,3)4/h5-25H,1-4H3. The Bertz CT molecular complexity index is 2140. The van der Waals surface area contributed by atoms with Gasteiger partial charge in [-0.3, -0.25) is 0 Å². The van der Waals surface area contributed by atoms with Crippen LogP contribution < -0.4 is 24.7 Å². The van der Waals surface area contributed by atoms with E-state index < -0.39 is 8.07 Å². The topological polar surface area (TPSA) is 21.7 Å². The van der Waals surface area contributed by atoms with Crippen molar-refractivity contribution in [2.24, 2.45) is 0 Å². The molecule has 3 nitrogen and oxygen atoms in total. The number of rotatable bonds is 3. The van der Waals surface area contributed by atoms with Gasteiger partial charge in [0.05, 0.1) is 17.1 Å². The van der Waals surface area contributed by atoms with Crippen molar-refractivity contribution >= 4 is 59.0 Å². The Kier molecular flexibility index (Phi) is 6.49. The molecule has 3 aliphatic rings. The number of nitrogens with zero attached hydrogens (tertiary/aromatic N) is 1. The van der Waals surface area contributed by atoms with E-state index in [9.17, 15) is 0 Å². The molecule has 0 aliphatic carbocycles. The molecule has 9 rings (SSSR count). The van der Waals surface area contributed by atoms with Gasteiger partial charge in [0, 0.05) is 25.0 Å². The lowest BCUT2D eigenvalue weighted by atomic mass is 9.77. The van der Waals surface area contributed by atoms with E-state index in [0.29, 0.717) is 5.75 Å². The van der Waals surface area contributed by atoms with E-state index in [1.807, 2.05) is 53.9 Å². The summed E-state index contributed by atoms with van der Waals surface area (Å²) < 4.78 is 13.2. The highest BCUT2D eigenvalue weighted by Crippen LogP contribution is 2.58. The monoisotopic (exact) mass is 663 g/mol. The average molecular weight is 664 g/mol. The summed E-state index contributed by atoms with van der Waals surface area (Å²) in [5.74, 6) is 2.89. The molecule has 0 unspecified atom stereocenters. The summed E-state index contributed by atoms with van der Waals surface area (Å²) >= 11 is 3.76. The van der Waals surface area contributed by atoms with Gasteiger partial charge < -0.3 is 14.4 Å². The zero-order chi connectivity index (χ0) is 31.9. The van der Waals surface area contributed by atoms with Gasteiger partial charge >= 0.3 is 0 Å². The van der Waals surface area contributed by atoms with Crippen molar-refractivity contribution in [3.8, 4) is 23.0 Å². The molecule has 3 aliphatic heterocycles. The number of ether oxygens (including phenoxy) is 2. The predicted molar refractivity (Wildman–Crippen MR) is 198 cm³/mol. The molecule has 0 amide bonds. The Balaban J connectivity index is 1.32. The fraction of sp³-hybridized carbons (Fsp3) is 0.122. The summed E-state index contributed by atoms with van der Waals surface area (Å²) in [6.45, 7) is 9.66. The van der Waals surface area contributed by atoms with Crippen molar-refractivity contribution < 1.29 is 9.47 Å². The van der Waals surface area contributed by atoms with Crippen LogP contribution in [0.25, 0.3) is 0 Å². The number of hydrogen-bond donors (Lipinski definition) is 0. The first-order valence-corrected chi connectivity index (χ1v) is 20.7. The Labute approximate surface area is 285 Å². The third-order valence-corrected chi connectivity index (χ3v) is 16.2. The molecule has 0 bridgehead atoms. The maximum atomic E-state index is 6.74. The second kappa shape index (κ2) is 10.6. The minimum atomic E-state index is -1.99. The van der Waals surface area contributed by atoms with E-state index in [0.717, 1.165) is 34.3 Å². The number of fused-ring (bicyclic) bond motifs is 6. The van der Waals surface area contributed by atoms with Crippen LogP contribution in [0.2, 0.25) is 13.1 Å². The number of hydrogen-bond acceptors (Lipinski definition) is 5. The van der Waals surface area contributed by atoms with Crippen LogP contribution in [0.5, 0.6) is 23.0 Å². The Morgan fingerprint density at radius 1 is 0.511 bits per heavy atom. The molecular formula is C41H33NO2S2Si. The number of anilines is 3. The van der Waals surface area contributed by atoms with Gasteiger partial charge in [-0.15, -0.1) is 0 Å². The van der Waals surface area contributed by atoms with Crippen LogP contribution in [0.4, 0.5) is 17.1 Å². The largest absolute Gasteiger partial charge is 0.449 e. The van der Waals surface area contributed by atoms with E-state index in [4.69, 9.17) is 9.47 Å². The molecule has 0 fully saturated rings. The molecule has 6 aromatic carbocycles. The zero-order valence-corrected chi connectivity index (χ0v) is 29.3. The first kappa shape index (κ1) is 28.8. The van der Waals surface area contributed by atoms with Crippen LogP contribution in [-0.4, -0.2) is 8.07 Å². The predicted octanol–water partition coefficient (Wildman–Crippen LogP) is 11.1. The highest BCUT2D eigenvalue weighted by atomic mass is 32.2. The first-order chi connectivity index (χ1) is 22.8. The molecule has 6 heteroatoms. The molecular weight excluding hydrogens is 631 g/mol. The number of benzene rings is 6. The molecule has 0 saturated carbocycles. The van der Waals surface area contributed by atoms with E-state index >= 15 is 0 Å². The SMILES string of the molecule is CC1(C)c2ccccc2Sc2c(N(c3cccc4c3Oc3ccccc3O4)c3cccc4c3Sc3ccccc3[Si]4(C)C)cccc21. The molecule has 0 N–H and O–H groups in total. The normalized spacial score (nSPS) is 15.7. The lowest BCUT2D eigenvalue weighted by Gasteiger charge is -2.40.